The van der Waals surface area contributed by atoms with Gasteiger partial charge in [-0.05, 0) is 29.0 Å². The van der Waals surface area contributed by atoms with Gasteiger partial charge in [0.05, 0.1) is 19.3 Å². The zero-order valence-corrected chi connectivity index (χ0v) is 15.6. The van der Waals surface area contributed by atoms with Gasteiger partial charge in [-0.2, -0.15) is 0 Å². The van der Waals surface area contributed by atoms with Crippen molar-refractivity contribution in [1.82, 2.24) is 15.2 Å². The van der Waals surface area contributed by atoms with E-state index in [1.807, 2.05) is 35.7 Å². The summed E-state index contributed by atoms with van der Waals surface area (Å²) in [6, 6.07) is 13.3. The number of hydrogen-bond acceptors (Lipinski definition) is 5. The van der Waals surface area contributed by atoms with Crippen LogP contribution in [0.3, 0.4) is 0 Å². The standard InChI is InChI=1S/C20H21N3O3S/c24-19(15-12-14-4-1-2-5-16(14)22-20(15)25)21-13-17(18-6-3-11-27-18)23-7-9-26-10-8-23/h1-6,11-12,17H,7-10,13H2,(H,21,24)(H,22,25). The Morgan fingerprint density at radius 3 is 2.81 bits per heavy atom. The van der Waals surface area contributed by atoms with Crippen LogP contribution in [0.15, 0.2) is 52.6 Å². The molecule has 1 aliphatic rings. The van der Waals surface area contributed by atoms with Gasteiger partial charge in [0.25, 0.3) is 11.5 Å². The van der Waals surface area contributed by atoms with E-state index in [4.69, 9.17) is 4.74 Å². The zero-order valence-electron chi connectivity index (χ0n) is 14.8. The maximum Gasteiger partial charge on any atom is 0.261 e. The van der Waals surface area contributed by atoms with Crippen LogP contribution in [0.5, 0.6) is 0 Å². The number of ether oxygens (including phenoxy) is 1. The first-order valence-corrected chi connectivity index (χ1v) is 9.86. The van der Waals surface area contributed by atoms with E-state index in [1.54, 1.807) is 17.4 Å². The molecule has 1 fully saturated rings. The summed E-state index contributed by atoms with van der Waals surface area (Å²) >= 11 is 1.68. The van der Waals surface area contributed by atoms with Crippen LogP contribution in [0, 0.1) is 0 Å². The molecule has 6 nitrogen and oxygen atoms in total. The number of thiophene rings is 1. The minimum atomic E-state index is -0.370. The highest BCUT2D eigenvalue weighted by Gasteiger charge is 2.24. The highest BCUT2D eigenvalue weighted by molar-refractivity contribution is 7.10. The molecule has 140 valence electrons. The molecule has 1 unspecified atom stereocenters. The van der Waals surface area contributed by atoms with Crippen molar-refractivity contribution in [3.05, 3.63) is 68.6 Å². The van der Waals surface area contributed by atoms with Crippen LogP contribution in [0.25, 0.3) is 10.9 Å². The third kappa shape index (κ3) is 3.95. The van der Waals surface area contributed by atoms with Crippen LogP contribution in [-0.2, 0) is 4.74 Å². The molecular formula is C20H21N3O3S. The van der Waals surface area contributed by atoms with E-state index < -0.39 is 0 Å². The lowest BCUT2D eigenvalue weighted by Gasteiger charge is -2.34. The fourth-order valence-electron chi connectivity index (χ4n) is 3.38. The van der Waals surface area contributed by atoms with Crippen molar-refractivity contribution in [1.29, 1.82) is 0 Å². The first-order valence-electron chi connectivity index (χ1n) is 8.98. The van der Waals surface area contributed by atoms with Gasteiger partial charge >= 0.3 is 0 Å². The van der Waals surface area contributed by atoms with Gasteiger partial charge in [0.2, 0.25) is 0 Å². The number of nitrogens with one attached hydrogen (secondary N) is 2. The van der Waals surface area contributed by atoms with Crippen molar-refractivity contribution in [3.8, 4) is 0 Å². The minimum Gasteiger partial charge on any atom is -0.379 e. The number of H-pyrrole nitrogens is 1. The zero-order chi connectivity index (χ0) is 18.6. The Hall–Kier alpha value is -2.48. The van der Waals surface area contributed by atoms with Gasteiger partial charge in [0.15, 0.2) is 0 Å². The van der Waals surface area contributed by atoms with Gasteiger partial charge in [-0.1, -0.05) is 24.3 Å². The maximum atomic E-state index is 12.7. The quantitative estimate of drug-likeness (QED) is 0.710. The molecule has 0 spiro atoms. The van der Waals surface area contributed by atoms with E-state index in [0.29, 0.717) is 19.8 Å². The third-order valence-corrected chi connectivity index (χ3v) is 5.79. The Bertz CT molecular complexity index is 978. The van der Waals surface area contributed by atoms with Gasteiger partial charge in [0, 0.05) is 30.0 Å². The summed E-state index contributed by atoms with van der Waals surface area (Å²) in [5, 5.41) is 5.83. The lowest BCUT2D eigenvalue weighted by molar-refractivity contribution is 0.0169. The second kappa shape index (κ2) is 8.04. The Kier molecular flexibility index (Phi) is 5.33. The number of pyridine rings is 1. The molecule has 1 amide bonds. The molecule has 2 N–H and O–H groups in total. The molecule has 0 radical (unpaired) electrons. The molecule has 0 saturated carbocycles. The summed E-state index contributed by atoms with van der Waals surface area (Å²) in [6.45, 7) is 3.50. The van der Waals surface area contributed by atoms with Gasteiger partial charge < -0.3 is 15.0 Å². The fourth-order valence-corrected chi connectivity index (χ4v) is 4.24. The smallest absolute Gasteiger partial charge is 0.261 e. The topological polar surface area (TPSA) is 74.4 Å². The lowest BCUT2D eigenvalue weighted by Crippen LogP contribution is -2.44. The van der Waals surface area contributed by atoms with Gasteiger partial charge in [-0.15, -0.1) is 11.3 Å². The number of nitrogens with zero attached hydrogens (tertiary/aromatic N) is 1. The van der Waals surface area contributed by atoms with Gasteiger partial charge in [-0.25, -0.2) is 0 Å². The molecule has 1 saturated heterocycles. The SMILES string of the molecule is O=C(NCC(c1cccs1)N1CCOCC1)c1cc2ccccc2[nH]c1=O. The summed E-state index contributed by atoms with van der Waals surface area (Å²) in [5.41, 5.74) is 0.495. The van der Waals surface area contributed by atoms with E-state index in [0.717, 1.165) is 24.0 Å². The van der Waals surface area contributed by atoms with Crippen LogP contribution in [-0.4, -0.2) is 48.6 Å². The number of carbonyl (C=O) groups excluding carboxylic acids is 1. The number of fused-ring (bicyclic) bond motifs is 1. The molecule has 27 heavy (non-hydrogen) atoms. The molecule has 3 aromatic rings. The maximum absolute atomic E-state index is 12.7. The number of morpholine rings is 1. The molecule has 1 atom stereocenters. The summed E-state index contributed by atoms with van der Waals surface area (Å²) < 4.78 is 5.45. The summed E-state index contributed by atoms with van der Waals surface area (Å²) in [7, 11) is 0. The summed E-state index contributed by atoms with van der Waals surface area (Å²) in [4.78, 5) is 31.3. The second-order valence-electron chi connectivity index (χ2n) is 6.49. The van der Waals surface area contributed by atoms with E-state index >= 15 is 0 Å². The lowest BCUT2D eigenvalue weighted by atomic mass is 10.1. The number of amides is 1. The van der Waals surface area contributed by atoms with Crippen LogP contribution < -0.4 is 10.9 Å². The molecule has 7 heteroatoms. The first kappa shape index (κ1) is 17.9. The molecule has 1 aromatic carbocycles. The predicted molar refractivity (Wildman–Crippen MR) is 106 cm³/mol. The molecular weight excluding hydrogens is 362 g/mol. The number of aromatic nitrogens is 1. The Morgan fingerprint density at radius 2 is 2.04 bits per heavy atom. The van der Waals surface area contributed by atoms with Crippen LogP contribution in [0.1, 0.15) is 21.3 Å². The highest BCUT2D eigenvalue weighted by Crippen LogP contribution is 2.25. The van der Waals surface area contributed by atoms with Crippen molar-refractivity contribution < 1.29 is 9.53 Å². The van der Waals surface area contributed by atoms with Crippen LogP contribution in [0.4, 0.5) is 0 Å². The number of rotatable bonds is 5. The van der Waals surface area contributed by atoms with Crippen molar-refractivity contribution in [2.75, 3.05) is 32.8 Å². The Labute approximate surface area is 160 Å². The fraction of sp³-hybridized carbons (Fsp3) is 0.300. The average molecular weight is 383 g/mol. The van der Waals surface area contributed by atoms with E-state index in [9.17, 15) is 9.59 Å². The molecule has 3 heterocycles. The predicted octanol–water partition coefficient (Wildman–Crippen LogP) is 2.39. The molecule has 2 aromatic heterocycles. The second-order valence-corrected chi connectivity index (χ2v) is 7.47. The van der Waals surface area contributed by atoms with Crippen molar-refractivity contribution in [2.24, 2.45) is 0 Å². The number of benzene rings is 1. The summed E-state index contributed by atoms with van der Waals surface area (Å²) in [5.74, 6) is -0.350. The van der Waals surface area contributed by atoms with Gasteiger partial charge in [0.1, 0.15) is 5.56 Å². The van der Waals surface area contributed by atoms with Crippen LogP contribution >= 0.6 is 11.3 Å². The Morgan fingerprint density at radius 1 is 1.22 bits per heavy atom. The van der Waals surface area contributed by atoms with E-state index in [2.05, 4.69) is 21.3 Å². The van der Waals surface area contributed by atoms with Crippen molar-refractivity contribution in [2.45, 2.75) is 6.04 Å². The highest BCUT2D eigenvalue weighted by atomic mass is 32.1. The molecule has 1 aliphatic heterocycles. The average Bonchev–Trinajstić information content (AvgIpc) is 3.23. The number of para-hydroxylation sites is 1. The number of hydrogen-bond donors (Lipinski definition) is 2. The van der Waals surface area contributed by atoms with Crippen molar-refractivity contribution >= 4 is 28.1 Å². The third-order valence-electron chi connectivity index (χ3n) is 4.81. The largest absolute Gasteiger partial charge is 0.379 e. The monoisotopic (exact) mass is 383 g/mol. The van der Waals surface area contributed by atoms with E-state index in [1.165, 1.54) is 4.88 Å². The molecule has 0 bridgehead atoms. The van der Waals surface area contributed by atoms with Gasteiger partial charge in [-0.3, -0.25) is 14.5 Å². The summed E-state index contributed by atoms with van der Waals surface area (Å²) in [6.07, 6.45) is 0. The molecule has 0 aliphatic carbocycles. The van der Waals surface area contributed by atoms with Crippen molar-refractivity contribution in [3.63, 3.8) is 0 Å². The van der Waals surface area contributed by atoms with E-state index in [-0.39, 0.29) is 23.1 Å². The minimum absolute atomic E-state index is 0.0809. The first-order chi connectivity index (χ1) is 13.2. The number of carbonyl (C=O) groups is 1. The van der Waals surface area contributed by atoms with Crippen LogP contribution in [0.2, 0.25) is 0 Å². The normalized spacial score (nSPS) is 16.3. The molecule has 4 rings (SSSR count). The Balaban J connectivity index is 1.53. The number of aromatic amines is 1.